The molecule has 1 aromatic rings. The van der Waals surface area contributed by atoms with Crippen molar-refractivity contribution in [1.82, 2.24) is 0 Å². The summed E-state index contributed by atoms with van der Waals surface area (Å²) in [5.74, 6) is 1.53. The average molecular weight is 193 g/mol. The molecule has 1 rings (SSSR count). The molecule has 0 amide bonds. The Bertz CT molecular complexity index is 266. The summed E-state index contributed by atoms with van der Waals surface area (Å²) in [6, 6.07) is 8.50. The average Bonchev–Trinajstić information content (AvgIpc) is 2.19. The van der Waals surface area contributed by atoms with Gasteiger partial charge in [0.2, 0.25) is 0 Å². The van der Waals surface area contributed by atoms with Crippen LogP contribution in [0.15, 0.2) is 24.3 Å². The number of methoxy groups -OCH3 is 1. The molecule has 0 spiro atoms. The fourth-order valence-corrected chi connectivity index (χ4v) is 1.12. The van der Waals surface area contributed by atoms with E-state index >= 15 is 0 Å². The number of rotatable bonds is 4. The third kappa shape index (κ3) is 2.95. The van der Waals surface area contributed by atoms with Crippen LogP contribution in [0.25, 0.3) is 0 Å². The van der Waals surface area contributed by atoms with Crippen LogP contribution in [0.4, 0.5) is 5.69 Å². The molecule has 0 bridgehead atoms. The normalized spacial score (nSPS) is 12.6. The number of nitrogens with one attached hydrogen (secondary N) is 1. The standard InChI is InChI=1S/C12H19NO/c1-9(2)10(3)13-11-5-7-12(14-4)8-6-11/h5-10,13H,1-4H3. The Hall–Kier alpha value is -1.18. The largest absolute Gasteiger partial charge is 0.497 e. The summed E-state index contributed by atoms with van der Waals surface area (Å²) in [6.45, 7) is 6.61. The van der Waals surface area contributed by atoms with Crippen LogP contribution in [0, 0.1) is 5.92 Å². The minimum atomic E-state index is 0.489. The van der Waals surface area contributed by atoms with Crippen molar-refractivity contribution in [3.63, 3.8) is 0 Å². The molecule has 0 saturated carbocycles. The van der Waals surface area contributed by atoms with Crippen molar-refractivity contribution in [2.24, 2.45) is 5.92 Å². The minimum absolute atomic E-state index is 0.489. The van der Waals surface area contributed by atoms with Crippen LogP contribution in [0.1, 0.15) is 20.8 Å². The number of anilines is 1. The van der Waals surface area contributed by atoms with Crippen LogP contribution >= 0.6 is 0 Å². The zero-order valence-electron chi connectivity index (χ0n) is 9.37. The predicted octanol–water partition coefficient (Wildman–Crippen LogP) is 3.15. The third-order valence-corrected chi connectivity index (χ3v) is 2.48. The molecule has 1 N–H and O–H groups in total. The Morgan fingerprint density at radius 1 is 1.07 bits per heavy atom. The maximum Gasteiger partial charge on any atom is 0.119 e. The molecule has 1 aromatic carbocycles. The number of hydrogen-bond acceptors (Lipinski definition) is 2. The van der Waals surface area contributed by atoms with E-state index in [1.54, 1.807) is 7.11 Å². The Morgan fingerprint density at radius 2 is 1.64 bits per heavy atom. The quantitative estimate of drug-likeness (QED) is 0.793. The molecule has 0 heterocycles. The molecule has 1 unspecified atom stereocenters. The van der Waals surface area contributed by atoms with Gasteiger partial charge >= 0.3 is 0 Å². The third-order valence-electron chi connectivity index (χ3n) is 2.48. The molecule has 0 saturated heterocycles. The smallest absolute Gasteiger partial charge is 0.119 e. The van der Waals surface area contributed by atoms with E-state index in [1.165, 1.54) is 0 Å². The lowest BCUT2D eigenvalue weighted by molar-refractivity contribution is 0.415. The zero-order valence-corrected chi connectivity index (χ0v) is 9.37. The van der Waals surface area contributed by atoms with E-state index < -0.39 is 0 Å². The van der Waals surface area contributed by atoms with Crippen LogP contribution in [0.2, 0.25) is 0 Å². The summed E-state index contributed by atoms with van der Waals surface area (Å²) in [4.78, 5) is 0. The van der Waals surface area contributed by atoms with Gasteiger partial charge in [-0.2, -0.15) is 0 Å². The van der Waals surface area contributed by atoms with Crippen molar-refractivity contribution >= 4 is 5.69 Å². The lowest BCUT2D eigenvalue weighted by Gasteiger charge is -2.18. The number of ether oxygens (including phenoxy) is 1. The summed E-state index contributed by atoms with van der Waals surface area (Å²) >= 11 is 0. The molecular formula is C12H19NO. The SMILES string of the molecule is COc1ccc(NC(C)C(C)C)cc1. The second kappa shape index (κ2) is 4.89. The summed E-state index contributed by atoms with van der Waals surface area (Å²) in [6.07, 6.45) is 0. The van der Waals surface area contributed by atoms with Crippen molar-refractivity contribution in [2.45, 2.75) is 26.8 Å². The highest BCUT2D eigenvalue weighted by atomic mass is 16.5. The maximum absolute atomic E-state index is 5.09. The summed E-state index contributed by atoms with van der Waals surface area (Å²) in [7, 11) is 1.68. The fourth-order valence-electron chi connectivity index (χ4n) is 1.12. The van der Waals surface area contributed by atoms with Gasteiger partial charge in [0.05, 0.1) is 7.11 Å². The van der Waals surface area contributed by atoms with Gasteiger partial charge in [0.15, 0.2) is 0 Å². The molecule has 0 radical (unpaired) electrons. The number of hydrogen-bond donors (Lipinski definition) is 1. The van der Waals surface area contributed by atoms with Crippen molar-refractivity contribution in [2.75, 3.05) is 12.4 Å². The number of benzene rings is 1. The highest BCUT2D eigenvalue weighted by Crippen LogP contribution is 2.17. The molecule has 0 aliphatic rings. The molecule has 0 aromatic heterocycles. The van der Waals surface area contributed by atoms with Gasteiger partial charge in [0.25, 0.3) is 0 Å². The Balaban J connectivity index is 2.59. The van der Waals surface area contributed by atoms with Crippen LogP contribution < -0.4 is 10.1 Å². The first-order chi connectivity index (χ1) is 6.63. The molecule has 1 atom stereocenters. The summed E-state index contributed by atoms with van der Waals surface area (Å²) < 4.78 is 5.09. The van der Waals surface area contributed by atoms with Gasteiger partial charge in [0, 0.05) is 11.7 Å². The van der Waals surface area contributed by atoms with Crippen molar-refractivity contribution in [3.8, 4) is 5.75 Å². The van der Waals surface area contributed by atoms with Crippen LogP contribution in [0.3, 0.4) is 0 Å². The Labute approximate surface area is 86.3 Å². The molecule has 0 aliphatic carbocycles. The molecule has 14 heavy (non-hydrogen) atoms. The zero-order chi connectivity index (χ0) is 10.6. The first-order valence-electron chi connectivity index (χ1n) is 5.04. The molecule has 2 nitrogen and oxygen atoms in total. The topological polar surface area (TPSA) is 21.3 Å². The molecule has 78 valence electrons. The fraction of sp³-hybridized carbons (Fsp3) is 0.500. The summed E-state index contributed by atoms with van der Waals surface area (Å²) in [5.41, 5.74) is 1.15. The van der Waals surface area contributed by atoms with Gasteiger partial charge in [-0.25, -0.2) is 0 Å². The Morgan fingerprint density at radius 3 is 2.07 bits per heavy atom. The van der Waals surface area contributed by atoms with E-state index in [9.17, 15) is 0 Å². The van der Waals surface area contributed by atoms with E-state index in [2.05, 4.69) is 26.1 Å². The van der Waals surface area contributed by atoms with Gasteiger partial charge in [-0.3, -0.25) is 0 Å². The van der Waals surface area contributed by atoms with Gasteiger partial charge in [-0.15, -0.1) is 0 Å². The lowest BCUT2D eigenvalue weighted by Crippen LogP contribution is -2.21. The maximum atomic E-state index is 5.09. The van der Waals surface area contributed by atoms with Crippen molar-refractivity contribution in [1.29, 1.82) is 0 Å². The lowest BCUT2D eigenvalue weighted by atomic mass is 10.1. The van der Waals surface area contributed by atoms with E-state index in [0.717, 1.165) is 11.4 Å². The van der Waals surface area contributed by atoms with Crippen LogP contribution in [-0.2, 0) is 0 Å². The van der Waals surface area contributed by atoms with Crippen molar-refractivity contribution in [3.05, 3.63) is 24.3 Å². The Kier molecular flexibility index (Phi) is 3.81. The molecule has 0 fully saturated rings. The van der Waals surface area contributed by atoms with Crippen molar-refractivity contribution < 1.29 is 4.74 Å². The van der Waals surface area contributed by atoms with Gasteiger partial charge in [-0.1, -0.05) is 13.8 Å². The first-order valence-corrected chi connectivity index (χ1v) is 5.04. The van der Waals surface area contributed by atoms with Gasteiger partial charge < -0.3 is 10.1 Å². The van der Waals surface area contributed by atoms with Crippen LogP contribution in [-0.4, -0.2) is 13.2 Å². The van der Waals surface area contributed by atoms with Gasteiger partial charge in [0.1, 0.15) is 5.75 Å². The highest BCUT2D eigenvalue weighted by Gasteiger charge is 2.05. The van der Waals surface area contributed by atoms with Crippen LogP contribution in [0.5, 0.6) is 5.75 Å². The van der Waals surface area contributed by atoms with E-state index in [1.807, 2.05) is 24.3 Å². The predicted molar refractivity (Wildman–Crippen MR) is 60.9 cm³/mol. The monoisotopic (exact) mass is 193 g/mol. The van der Waals surface area contributed by atoms with Gasteiger partial charge in [-0.05, 0) is 37.1 Å². The molecule has 0 aliphatic heterocycles. The highest BCUT2D eigenvalue weighted by molar-refractivity contribution is 5.46. The molecular weight excluding hydrogens is 174 g/mol. The first kappa shape index (κ1) is 10.9. The second-order valence-electron chi connectivity index (χ2n) is 3.91. The second-order valence-corrected chi connectivity index (χ2v) is 3.91. The van der Waals surface area contributed by atoms with E-state index in [-0.39, 0.29) is 0 Å². The molecule has 2 heteroatoms. The summed E-state index contributed by atoms with van der Waals surface area (Å²) in [5, 5.41) is 3.44. The van der Waals surface area contributed by atoms with E-state index in [4.69, 9.17) is 4.74 Å². The van der Waals surface area contributed by atoms with E-state index in [0.29, 0.717) is 12.0 Å². The minimum Gasteiger partial charge on any atom is -0.497 e.